The zero-order valence-electron chi connectivity index (χ0n) is 7.26. The van der Waals surface area contributed by atoms with Crippen molar-refractivity contribution in [3.8, 4) is 0 Å². The van der Waals surface area contributed by atoms with Gasteiger partial charge in [-0.25, -0.2) is 4.98 Å². The van der Waals surface area contributed by atoms with Gasteiger partial charge in [0.25, 0.3) is 0 Å². The Hall–Kier alpha value is -0.410. The largest absolute Gasteiger partial charge is 0.335 e. The lowest BCUT2D eigenvalue weighted by atomic mass is 10.2. The van der Waals surface area contributed by atoms with Crippen LogP contribution in [0.3, 0.4) is 0 Å². The third-order valence-corrected chi connectivity index (χ3v) is 1.79. The van der Waals surface area contributed by atoms with E-state index in [1.165, 1.54) is 5.69 Å². The van der Waals surface area contributed by atoms with Crippen LogP contribution < -0.4 is 0 Å². The average Bonchev–Trinajstić information content (AvgIpc) is 2.03. The molecular weight excluding hydrogens is 192 g/mol. The van der Waals surface area contributed by atoms with E-state index in [-0.39, 0.29) is 12.4 Å². The average molecular weight is 205 g/mol. The second-order valence-electron chi connectivity index (χ2n) is 2.41. The van der Waals surface area contributed by atoms with Gasteiger partial charge in [0.15, 0.2) is 4.77 Å². The summed E-state index contributed by atoms with van der Waals surface area (Å²) in [5.74, 6) is 0. The molecule has 0 aromatic carbocycles. The zero-order valence-corrected chi connectivity index (χ0v) is 8.89. The van der Waals surface area contributed by atoms with Gasteiger partial charge in [0.05, 0.1) is 0 Å². The summed E-state index contributed by atoms with van der Waals surface area (Å²) in [7, 11) is 0. The molecule has 0 aliphatic rings. The topological polar surface area (TPSA) is 28.7 Å². The van der Waals surface area contributed by atoms with Gasteiger partial charge in [-0.3, -0.25) is 0 Å². The van der Waals surface area contributed by atoms with Crippen molar-refractivity contribution in [3.05, 3.63) is 22.2 Å². The van der Waals surface area contributed by atoms with E-state index in [1.54, 1.807) is 0 Å². The molecule has 0 saturated carbocycles. The summed E-state index contributed by atoms with van der Waals surface area (Å²) in [6.45, 7) is 4.18. The molecule has 12 heavy (non-hydrogen) atoms. The van der Waals surface area contributed by atoms with E-state index in [9.17, 15) is 0 Å². The molecule has 0 bridgehead atoms. The Morgan fingerprint density at radius 1 is 1.42 bits per heavy atom. The molecule has 0 fully saturated rings. The van der Waals surface area contributed by atoms with Crippen molar-refractivity contribution in [2.75, 3.05) is 0 Å². The molecule has 2 nitrogen and oxygen atoms in total. The Morgan fingerprint density at radius 3 is 2.58 bits per heavy atom. The van der Waals surface area contributed by atoms with Crippen molar-refractivity contribution in [1.82, 2.24) is 9.97 Å². The van der Waals surface area contributed by atoms with Gasteiger partial charge in [-0.05, 0) is 31.1 Å². The van der Waals surface area contributed by atoms with Gasteiger partial charge in [-0.2, -0.15) is 0 Å². The summed E-state index contributed by atoms with van der Waals surface area (Å²) in [5, 5.41) is 0. The lowest BCUT2D eigenvalue weighted by Gasteiger charge is -1.99. The predicted octanol–water partition coefficient (Wildman–Crippen LogP) is 2.69. The molecule has 1 N–H and O–H groups in total. The van der Waals surface area contributed by atoms with E-state index < -0.39 is 0 Å². The second-order valence-corrected chi connectivity index (χ2v) is 2.80. The van der Waals surface area contributed by atoms with Crippen LogP contribution in [0.15, 0.2) is 6.07 Å². The molecular formula is C8H13ClN2S. The number of nitrogens with one attached hydrogen (secondary N) is 1. The minimum absolute atomic E-state index is 0. The smallest absolute Gasteiger partial charge is 0.197 e. The molecule has 1 heterocycles. The van der Waals surface area contributed by atoms with E-state index in [0.29, 0.717) is 4.77 Å². The van der Waals surface area contributed by atoms with Crippen LogP contribution in [0.2, 0.25) is 0 Å². The van der Waals surface area contributed by atoms with Gasteiger partial charge in [-0.15, -0.1) is 12.4 Å². The van der Waals surface area contributed by atoms with Crippen LogP contribution in [0.1, 0.15) is 25.2 Å². The van der Waals surface area contributed by atoms with E-state index in [2.05, 4.69) is 29.9 Å². The highest BCUT2D eigenvalue weighted by Crippen LogP contribution is 2.00. The Morgan fingerprint density at radius 2 is 2.08 bits per heavy atom. The Kier molecular flexibility index (Phi) is 5.09. The third kappa shape index (κ3) is 2.91. The van der Waals surface area contributed by atoms with Crippen LogP contribution >= 0.6 is 24.6 Å². The number of nitrogens with zero attached hydrogens (tertiary/aromatic N) is 1. The molecule has 0 unspecified atom stereocenters. The lowest BCUT2D eigenvalue weighted by Crippen LogP contribution is -1.95. The fourth-order valence-corrected chi connectivity index (χ4v) is 1.19. The maximum atomic E-state index is 4.95. The quantitative estimate of drug-likeness (QED) is 0.751. The first-order valence-corrected chi connectivity index (χ1v) is 4.26. The monoisotopic (exact) mass is 204 g/mol. The number of aromatic nitrogens is 2. The summed E-state index contributed by atoms with van der Waals surface area (Å²) in [4.78, 5) is 7.19. The number of halogens is 1. The van der Waals surface area contributed by atoms with E-state index in [0.717, 1.165) is 18.5 Å². The number of aryl methyl sites for hydroxylation is 2. The first-order chi connectivity index (χ1) is 5.26. The van der Waals surface area contributed by atoms with E-state index in [1.807, 2.05) is 0 Å². The molecule has 0 radical (unpaired) electrons. The summed E-state index contributed by atoms with van der Waals surface area (Å²) in [6.07, 6.45) is 1.94. The maximum absolute atomic E-state index is 4.95. The number of hydrogen-bond donors (Lipinski definition) is 1. The van der Waals surface area contributed by atoms with Crippen molar-refractivity contribution in [3.63, 3.8) is 0 Å². The molecule has 4 heteroatoms. The summed E-state index contributed by atoms with van der Waals surface area (Å²) in [5.41, 5.74) is 2.24. The maximum Gasteiger partial charge on any atom is 0.197 e. The first-order valence-electron chi connectivity index (χ1n) is 3.85. The van der Waals surface area contributed by atoms with Gasteiger partial charge in [-0.1, -0.05) is 13.8 Å². The molecule has 0 aliphatic heterocycles. The summed E-state index contributed by atoms with van der Waals surface area (Å²) >= 11 is 4.95. The van der Waals surface area contributed by atoms with Crippen LogP contribution in [-0.2, 0) is 12.8 Å². The van der Waals surface area contributed by atoms with Crippen molar-refractivity contribution >= 4 is 24.6 Å². The Labute approximate surface area is 83.8 Å². The lowest BCUT2D eigenvalue weighted by molar-refractivity contribution is 0.922. The number of H-pyrrole nitrogens is 1. The van der Waals surface area contributed by atoms with E-state index >= 15 is 0 Å². The normalized spacial score (nSPS) is 9.17. The Balaban J connectivity index is 0.00000121. The highest BCUT2D eigenvalue weighted by Gasteiger charge is 1.93. The SMILES string of the molecule is CCc1cc(CC)[nH]c(=S)n1.Cl. The van der Waals surface area contributed by atoms with Crippen molar-refractivity contribution in [2.24, 2.45) is 0 Å². The number of aromatic amines is 1. The van der Waals surface area contributed by atoms with Crippen LogP contribution in [0.25, 0.3) is 0 Å². The standard InChI is InChI=1S/C8H12N2S.ClH/c1-3-6-5-7(4-2)10-8(11)9-6;/h5H,3-4H2,1-2H3,(H,9,10,11);1H. The Bertz CT molecular complexity index is 270. The minimum atomic E-state index is 0. The molecule has 68 valence electrons. The van der Waals surface area contributed by atoms with Crippen molar-refractivity contribution < 1.29 is 0 Å². The van der Waals surface area contributed by atoms with Gasteiger partial charge >= 0.3 is 0 Å². The zero-order chi connectivity index (χ0) is 8.27. The molecule has 1 aromatic rings. The molecule has 0 aliphatic carbocycles. The van der Waals surface area contributed by atoms with Crippen LogP contribution in [0.5, 0.6) is 0 Å². The predicted molar refractivity (Wildman–Crippen MR) is 55.4 cm³/mol. The molecule has 1 aromatic heterocycles. The van der Waals surface area contributed by atoms with Crippen molar-refractivity contribution in [1.29, 1.82) is 0 Å². The van der Waals surface area contributed by atoms with Gasteiger partial charge in [0, 0.05) is 11.4 Å². The van der Waals surface area contributed by atoms with Crippen LogP contribution in [0, 0.1) is 4.77 Å². The summed E-state index contributed by atoms with van der Waals surface area (Å²) < 4.78 is 0.598. The van der Waals surface area contributed by atoms with Crippen LogP contribution in [-0.4, -0.2) is 9.97 Å². The molecule has 0 amide bonds. The molecule has 0 saturated heterocycles. The number of rotatable bonds is 2. The van der Waals surface area contributed by atoms with Crippen LogP contribution in [0.4, 0.5) is 0 Å². The highest BCUT2D eigenvalue weighted by atomic mass is 35.5. The van der Waals surface area contributed by atoms with Gasteiger partial charge in [0.1, 0.15) is 0 Å². The van der Waals surface area contributed by atoms with Gasteiger partial charge in [0.2, 0.25) is 0 Å². The van der Waals surface area contributed by atoms with E-state index in [4.69, 9.17) is 12.2 Å². The fourth-order valence-electron chi connectivity index (χ4n) is 0.937. The third-order valence-electron chi connectivity index (χ3n) is 1.60. The molecule has 1 rings (SSSR count). The highest BCUT2D eigenvalue weighted by molar-refractivity contribution is 7.71. The first kappa shape index (κ1) is 11.6. The van der Waals surface area contributed by atoms with Gasteiger partial charge < -0.3 is 4.98 Å². The van der Waals surface area contributed by atoms with Crippen molar-refractivity contribution in [2.45, 2.75) is 26.7 Å². The number of hydrogen-bond acceptors (Lipinski definition) is 2. The second kappa shape index (κ2) is 5.27. The summed E-state index contributed by atoms with van der Waals surface area (Å²) in [6, 6.07) is 2.07. The molecule has 0 spiro atoms. The molecule has 0 atom stereocenters. The minimum Gasteiger partial charge on any atom is -0.335 e. The fraction of sp³-hybridized carbons (Fsp3) is 0.500.